The maximum Gasteiger partial charge on any atom is 0.117 e. The second-order valence-electron chi connectivity index (χ2n) is 5.19. The molecule has 2 rings (SSSR count). The van der Waals surface area contributed by atoms with Gasteiger partial charge in [0, 0.05) is 0 Å². The number of halogens is 7. The Bertz CT molecular complexity index is 603. The summed E-state index contributed by atoms with van der Waals surface area (Å²) >= 11 is 26.8. The molecule has 0 heterocycles. The van der Waals surface area contributed by atoms with Gasteiger partial charge in [-0.05, 0) is 11.1 Å². The van der Waals surface area contributed by atoms with Crippen LogP contribution in [0.1, 0.15) is 11.1 Å². The van der Waals surface area contributed by atoms with Crippen molar-refractivity contribution in [2.24, 2.45) is 0 Å². The lowest BCUT2D eigenvalue weighted by Gasteiger charge is -2.44. The van der Waals surface area contributed by atoms with E-state index in [1.165, 1.54) is 0 Å². The summed E-state index contributed by atoms with van der Waals surface area (Å²) in [6, 6.07) is 20.8. The number of alkyl halides is 7. The zero-order valence-corrected chi connectivity index (χ0v) is 23.3. The van der Waals surface area contributed by atoms with Crippen molar-refractivity contribution < 1.29 is 0 Å². The summed E-state index contributed by atoms with van der Waals surface area (Å²) in [5, 5.41) is 0. The van der Waals surface area contributed by atoms with Gasteiger partial charge in [-0.3, -0.25) is 0 Å². The molecule has 7 heteroatoms. The second-order valence-corrected chi connectivity index (χ2v) is 15.2. The van der Waals surface area contributed by atoms with Crippen LogP contribution in [0, 0.1) is 0 Å². The Morgan fingerprint density at radius 1 is 0.625 bits per heavy atom. The van der Waals surface area contributed by atoms with Crippen molar-refractivity contribution in [1.29, 1.82) is 0 Å². The number of benzene rings is 2. The third kappa shape index (κ3) is 4.44. The van der Waals surface area contributed by atoms with Crippen molar-refractivity contribution in [3.8, 4) is 0 Å². The van der Waals surface area contributed by atoms with Gasteiger partial charge < -0.3 is 0 Å². The van der Waals surface area contributed by atoms with Crippen LogP contribution in [0.3, 0.4) is 0 Å². The molecule has 0 radical (unpaired) electrons. The Labute approximate surface area is 201 Å². The number of hydrogen-bond acceptors (Lipinski definition) is 0. The Morgan fingerprint density at radius 3 is 1.33 bits per heavy atom. The van der Waals surface area contributed by atoms with Crippen molar-refractivity contribution in [1.82, 2.24) is 0 Å². The topological polar surface area (TPSA) is 0 Å². The maximum absolute atomic E-state index is 4.07. The van der Waals surface area contributed by atoms with Crippen LogP contribution in [0.5, 0.6) is 0 Å². The van der Waals surface area contributed by atoms with E-state index in [9.17, 15) is 0 Å². The molecule has 130 valence electrons. The van der Waals surface area contributed by atoms with Gasteiger partial charge in [-0.2, -0.15) is 0 Å². The minimum Gasteiger partial charge on any atom is -0.0856 e. The Hall–Kier alpha value is 1.80. The molecule has 0 bridgehead atoms. The molecule has 0 saturated carbocycles. The number of hydrogen-bond donors (Lipinski definition) is 0. The van der Waals surface area contributed by atoms with Crippen LogP contribution in [0.2, 0.25) is 0 Å². The van der Waals surface area contributed by atoms with E-state index in [1.807, 2.05) is 12.1 Å². The van der Waals surface area contributed by atoms with Gasteiger partial charge in [0.2, 0.25) is 0 Å². The summed E-state index contributed by atoms with van der Waals surface area (Å²) < 4.78 is -0.923. The van der Waals surface area contributed by atoms with E-state index < -0.39 is 7.56 Å². The lowest BCUT2D eigenvalue weighted by molar-refractivity contribution is 0.645. The van der Waals surface area contributed by atoms with Crippen molar-refractivity contribution in [2.75, 3.05) is 0 Å². The molecule has 0 N–H and O–H groups in total. The lowest BCUT2D eigenvalue weighted by Crippen LogP contribution is -2.49. The minimum atomic E-state index is -0.524. The Kier molecular flexibility index (Phi) is 8.59. The molecule has 2 atom stereocenters. The summed E-state index contributed by atoms with van der Waals surface area (Å²) in [6.07, 6.45) is 0. The smallest absolute Gasteiger partial charge is 0.0856 e. The highest BCUT2D eigenvalue weighted by Crippen LogP contribution is 2.59. The zero-order chi connectivity index (χ0) is 18.0. The molecule has 0 aliphatic carbocycles. The summed E-state index contributed by atoms with van der Waals surface area (Å²) in [5.41, 5.74) is 2.30. The van der Waals surface area contributed by atoms with Gasteiger partial charge in [0.05, 0.1) is 13.4 Å². The van der Waals surface area contributed by atoms with E-state index >= 15 is 0 Å². The van der Waals surface area contributed by atoms with Gasteiger partial charge in [-0.25, -0.2) is 0 Å². The molecular weight excluding hydrogens is 764 g/mol. The van der Waals surface area contributed by atoms with Crippen molar-refractivity contribution in [3.63, 3.8) is 0 Å². The van der Waals surface area contributed by atoms with Crippen LogP contribution in [-0.4, -0.2) is 16.6 Å². The van der Waals surface area contributed by atoms with Crippen LogP contribution < -0.4 is 0 Å². The Morgan fingerprint density at radius 2 is 1.00 bits per heavy atom. The van der Waals surface area contributed by atoms with E-state index in [1.54, 1.807) is 0 Å². The fraction of sp³-hybridized carbons (Fsp3) is 0.294. The molecule has 2 unspecified atom stereocenters. The van der Waals surface area contributed by atoms with Gasteiger partial charge in [-0.15, -0.1) is 0 Å². The predicted molar refractivity (Wildman–Crippen MR) is 130 cm³/mol. The molecule has 0 amide bonds. The first kappa shape index (κ1) is 22.1. The first-order chi connectivity index (χ1) is 11.2. The van der Waals surface area contributed by atoms with E-state index in [0.29, 0.717) is 0 Å². The monoisotopic (exact) mass is 770 g/mol. The molecule has 0 nitrogen and oxygen atoms in total. The lowest BCUT2D eigenvalue weighted by atomic mass is 9.86. The van der Waals surface area contributed by atoms with Crippen LogP contribution >= 0.6 is 112 Å². The standard InChI is InChI=1S/C17H13Br7/c18-13(15(20)21)14(19)17(23,24)16(22,11-7-3-1-4-8-11)12-9-5-2-6-10-12/h1-10,13-15H. The molecule has 0 aromatic heterocycles. The quantitative estimate of drug-likeness (QED) is 0.259. The van der Waals surface area contributed by atoms with Crippen LogP contribution in [0.25, 0.3) is 0 Å². The average molecular weight is 777 g/mol. The summed E-state index contributed by atoms with van der Waals surface area (Å²) in [7, 11) is 0. The molecule has 0 fully saturated rings. The molecule has 2 aromatic rings. The van der Waals surface area contributed by atoms with Gasteiger partial charge >= 0.3 is 0 Å². The molecule has 0 aliphatic rings. The maximum atomic E-state index is 4.07. The molecular formula is C17H13Br7. The van der Waals surface area contributed by atoms with Gasteiger partial charge in [0.25, 0.3) is 0 Å². The molecule has 0 spiro atoms. The summed E-state index contributed by atoms with van der Waals surface area (Å²) in [6.45, 7) is 0. The van der Waals surface area contributed by atoms with E-state index in [4.69, 9.17) is 0 Å². The largest absolute Gasteiger partial charge is 0.117 e. The third-order valence-electron chi connectivity index (χ3n) is 3.67. The fourth-order valence-corrected chi connectivity index (χ4v) is 8.16. The summed E-state index contributed by atoms with van der Waals surface area (Å²) in [5.74, 6) is 0. The number of rotatable bonds is 6. The van der Waals surface area contributed by atoms with E-state index in [-0.39, 0.29) is 13.4 Å². The molecule has 2 aromatic carbocycles. The molecule has 0 aliphatic heterocycles. The molecule has 24 heavy (non-hydrogen) atoms. The first-order valence-electron chi connectivity index (χ1n) is 6.97. The SMILES string of the molecule is BrC(Br)C(Br)C(Br)C(Br)(Br)C(Br)(c1ccccc1)c1ccccc1. The van der Waals surface area contributed by atoms with Gasteiger partial charge in [0.1, 0.15) is 7.56 Å². The van der Waals surface area contributed by atoms with Crippen molar-refractivity contribution >= 4 is 112 Å². The van der Waals surface area contributed by atoms with Gasteiger partial charge in [-0.1, -0.05) is 172 Å². The minimum absolute atomic E-state index is 0.0218. The fourth-order valence-electron chi connectivity index (χ4n) is 2.40. The highest BCUT2D eigenvalue weighted by Gasteiger charge is 2.55. The van der Waals surface area contributed by atoms with Crippen LogP contribution in [0.4, 0.5) is 0 Å². The van der Waals surface area contributed by atoms with Crippen LogP contribution in [-0.2, 0) is 4.32 Å². The normalized spacial score (nSPS) is 15.3. The first-order valence-corrected chi connectivity index (χ1v) is 13.0. The van der Waals surface area contributed by atoms with Crippen molar-refractivity contribution in [2.45, 2.75) is 20.9 Å². The highest BCUT2D eigenvalue weighted by atomic mass is 79.9. The Balaban J connectivity index is 2.63. The highest BCUT2D eigenvalue weighted by molar-refractivity contribution is 9.27. The zero-order valence-electron chi connectivity index (χ0n) is 12.2. The third-order valence-corrected chi connectivity index (χ3v) is 15.3. The van der Waals surface area contributed by atoms with Crippen molar-refractivity contribution in [3.05, 3.63) is 71.8 Å². The predicted octanol–water partition coefficient (Wildman–Crippen LogP) is 8.45. The van der Waals surface area contributed by atoms with Gasteiger partial charge in [0.15, 0.2) is 0 Å². The van der Waals surface area contributed by atoms with E-state index in [2.05, 4.69) is 160 Å². The average Bonchev–Trinajstić information content (AvgIpc) is 2.60. The summed E-state index contributed by atoms with van der Waals surface area (Å²) in [4.78, 5) is 0.133. The van der Waals surface area contributed by atoms with Crippen LogP contribution in [0.15, 0.2) is 60.7 Å². The van der Waals surface area contributed by atoms with E-state index in [0.717, 1.165) is 11.1 Å². The molecule has 0 saturated heterocycles. The second kappa shape index (κ2) is 9.33.